The zero-order chi connectivity index (χ0) is 14.0. The van der Waals surface area contributed by atoms with Gasteiger partial charge in [0.25, 0.3) is 0 Å². The Morgan fingerprint density at radius 1 is 1.26 bits per heavy atom. The van der Waals surface area contributed by atoms with Crippen LogP contribution in [0.25, 0.3) is 0 Å². The molecular formula is C16H22N2O. The second-order valence-corrected chi connectivity index (χ2v) is 7.00. The van der Waals surface area contributed by atoms with Crippen molar-refractivity contribution in [2.24, 2.45) is 16.7 Å². The van der Waals surface area contributed by atoms with Gasteiger partial charge in [-0.3, -0.25) is 4.79 Å². The fourth-order valence-electron chi connectivity index (χ4n) is 3.62. The molecule has 3 rings (SSSR count). The minimum Gasteiger partial charge on any atom is -0.399 e. The Kier molecular flexibility index (Phi) is 2.32. The van der Waals surface area contributed by atoms with Crippen molar-refractivity contribution < 1.29 is 4.79 Å². The molecule has 0 bridgehead atoms. The molecule has 2 N–H and O–H groups in total. The Labute approximate surface area is 114 Å². The van der Waals surface area contributed by atoms with Gasteiger partial charge in [0.15, 0.2) is 0 Å². The minimum absolute atomic E-state index is 0.0979. The number of rotatable bonds is 1. The first-order valence-electron chi connectivity index (χ1n) is 6.96. The molecule has 3 nitrogen and oxygen atoms in total. The van der Waals surface area contributed by atoms with Crippen LogP contribution in [0.5, 0.6) is 0 Å². The number of hydrogen-bond acceptors (Lipinski definition) is 2. The maximum absolute atomic E-state index is 12.8. The molecule has 0 radical (unpaired) electrons. The lowest BCUT2D eigenvalue weighted by atomic mass is 10.0. The fourth-order valence-corrected chi connectivity index (χ4v) is 3.62. The van der Waals surface area contributed by atoms with Crippen molar-refractivity contribution >= 4 is 17.3 Å². The number of anilines is 2. The normalized spacial score (nSPS) is 23.3. The maximum atomic E-state index is 12.8. The molecule has 1 saturated carbocycles. The summed E-state index contributed by atoms with van der Waals surface area (Å²) < 4.78 is 0. The second kappa shape index (κ2) is 3.53. The van der Waals surface area contributed by atoms with Gasteiger partial charge in [-0.15, -0.1) is 0 Å². The van der Waals surface area contributed by atoms with Crippen molar-refractivity contribution in [3.63, 3.8) is 0 Å². The van der Waals surface area contributed by atoms with Crippen molar-refractivity contribution in [2.45, 2.75) is 34.1 Å². The summed E-state index contributed by atoms with van der Waals surface area (Å²) in [6, 6.07) is 5.86. The van der Waals surface area contributed by atoms with Crippen LogP contribution in [-0.4, -0.2) is 12.5 Å². The summed E-state index contributed by atoms with van der Waals surface area (Å²) in [4.78, 5) is 14.7. The average molecular weight is 258 g/mol. The van der Waals surface area contributed by atoms with E-state index in [4.69, 9.17) is 5.73 Å². The summed E-state index contributed by atoms with van der Waals surface area (Å²) >= 11 is 0. The number of nitrogens with zero attached hydrogens (tertiary/aromatic N) is 1. The maximum Gasteiger partial charge on any atom is 0.231 e. The lowest BCUT2D eigenvalue weighted by Crippen LogP contribution is -2.32. The predicted octanol–water partition coefficient (Wildman–Crippen LogP) is 2.84. The molecule has 19 heavy (non-hydrogen) atoms. The number of carbonyl (C=O) groups excluding carboxylic acids is 1. The number of carbonyl (C=O) groups is 1. The number of nitrogen functional groups attached to an aromatic ring is 1. The van der Waals surface area contributed by atoms with Gasteiger partial charge >= 0.3 is 0 Å². The van der Waals surface area contributed by atoms with Crippen molar-refractivity contribution in [1.29, 1.82) is 0 Å². The third-order valence-corrected chi connectivity index (χ3v) is 5.53. The first-order chi connectivity index (χ1) is 8.76. The van der Waals surface area contributed by atoms with Gasteiger partial charge in [0.1, 0.15) is 0 Å². The second-order valence-electron chi connectivity index (χ2n) is 7.00. The molecule has 102 valence electrons. The van der Waals surface area contributed by atoms with Gasteiger partial charge in [-0.1, -0.05) is 27.7 Å². The smallest absolute Gasteiger partial charge is 0.231 e. The van der Waals surface area contributed by atoms with E-state index in [1.54, 1.807) is 0 Å². The zero-order valence-corrected chi connectivity index (χ0v) is 12.2. The molecule has 1 aliphatic heterocycles. The van der Waals surface area contributed by atoms with Crippen molar-refractivity contribution in [2.75, 3.05) is 17.2 Å². The van der Waals surface area contributed by atoms with Crippen LogP contribution in [0.2, 0.25) is 0 Å². The number of amides is 1. The molecule has 1 fully saturated rings. The van der Waals surface area contributed by atoms with Crippen molar-refractivity contribution in [1.82, 2.24) is 0 Å². The number of fused-ring (bicyclic) bond motifs is 1. The molecule has 3 heteroatoms. The Morgan fingerprint density at radius 2 is 1.89 bits per heavy atom. The monoisotopic (exact) mass is 258 g/mol. The summed E-state index contributed by atoms with van der Waals surface area (Å²) in [7, 11) is 0. The molecule has 0 spiro atoms. The quantitative estimate of drug-likeness (QED) is 0.787. The van der Waals surface area contributed by atoms with E-state index in [0.717, 1.165) is 24.3 Å². The molecule has 0 atom stereocenters. The van der Waals surface area contributed by atoms with Crippen LogP contribution in [0, 0.1) is 16.7 Å². The number of nitrogens with two attached hydrogens (primary N) is 1. The molecule has 2 aliphatic rings. The van der Waals surface area contributed by atoms with Crippen LogP contribution in [-0.2, 0) is 11.2 Å². The average Bonchev–Trinajstić information content (AvgIpc) is 2.63. The Hall–Kier alpha value is -1.51. The molecule has 1 amide bonds. The van der Waals surface area contributed by atoms with Gasteiger partial charge in [-0.2, -0.15) is 0 Å². The Balaban J connectivity index is 1.90. The van der Waals surface area contributed by atoms with E-state index >= 15 is 0 Å². The highest BCUT2D eigenvalue weighted by Crippen LogP contribution is 2.69. The molecule has 1 aromatic carbocycles. The van der Waals surface area contributed by atoms with Crippen LogP contribution in [0.3, 0.4) is 0 Å². The van der Waals surface area contributed by atoms with E-state index in [2.05, 4.69) is 27.7 Å². The standard InChI is InChI=1S/C16H22N2O/c1-15(2)13(16(15,3)4)14(19)18-8-7-10-9-11(17)5-6-12(10)18/h5-6,9,13H,7-8,17H2,1-4H3. The summed E-state index contributed by atoms with van der Waals surface area (Å²) in [5, 5.41) is 0. The fraction of sp³-hybridized carbons (Fsp3) is 0.562. The van der Waals surface area contributed by atoms with E-state index in [1.165, 1.54) is 5.56 Å². The zero-order valence-electron chi connectivity index (χ0n) is 12.2. The van der Waals surface area contributed by atoms with E-state index in [-0.39, 0.29) is 22.7 Å². The molecular weight excluding hydrogens is 236 g/mol. The molecule has 1 aliphatic carbocycles. The topological polar surface area (TPSA) is 46.3 Å². The molecule has 0 unspecified atom stereocenters. The van der Waals surface area contributed by atoms with E-state index < -0.39 is 0 Å². The highest BCUT2D eigenvalue weighted by Gasteiger charge is 2.69. The predicted molar refractivity (Wildman–Crippen MR) is 78.0 cm³/mol. The van der Waals surface area contributed by atoms with E-state index in [0.29, 0.717) is 0 Å². The van der Waals surface area contributed by atoms with Gasteiger partial charge in [0, 0.05) is 23.8 Å². The summed E-state index contributed by atoms with van der Waals surface area (Å²) in [6.45, 7) is 9.55. The summed E-state index contributed by atoms with van der Waals surface area (Å²) in [6.07, 6.45) is 0.916. The summed E-state index contributed by atoms with van der Waals surface area (Å²) in [5.74, 6) is 0.405. The third kappa shape index (κ3) is 1.54. The van der Waals surface area contributed by atoms with Gasteiger partial charge in [-0.25, -0.2) is 0 Å². The molecule has 1 aromatic rings. The van der Waals surface area contributed by atoms with E-state index in [9.17, 15) is 4.79 Å². The van der Waals surface area contributed by atoms with Crippen LogP contribution < -0.4 is 10.6 Å². The summed E-state index contributed by atoms with van der Waals surface area (Å²) in [5.41, 5.74) is 9.03. The SMILES string of the molecule is CC1(C)C(C(=O)N2CCc3cc(N)ccc32)C1(C)C. The molecule has 1 heterocycles. The Bertz CT molecular complexity index is 546. The minimum atomic E-state index is 0.0979. The molecule has 0 aromatic heterocycles. The van der Waals surface area contributed by atoms with Crippen molar-refractivity contribution in [3.8, 4) is 0 Å². The largest absolute Gasteiger partial charge is 0.399 e. The Morgan fingerprint density at radius 3 is 2.47 bits per heavy atom. The van der Waals surface area contributed by atoms with Crippen LogP contribution in [0.1, 0.15) is 33.3 Å². The first-order valence-corrected chi connectivity index (χ1v) is 6.96. The van der Waals surface area contributed by atoms with Gasteiger partial charge in [0.05, 0.1) is 0 Å². The van der Waals surface area contributed by atoms with Gasteiger partial charge in [0.2, 0.25) is 5.91 Å². The molecule has 0 saturated heterocycles. The first kappa shape index (κ1) is 12.5. The highest BCUT2D eigenvalue weighted by atomic mass is 16.2. The lowest BCUT2D eigenvalue weighted by Gasteiger charge is -2.18. The number of benzene rings is 1. The number of hydrogen-bond donors (Lipinski definition) is 1. The van der Waals surface area contributed by atoms with Crippen LogP contribution >= 0.6 is 0 Å². The highest BCUT2D eigenvalue weighted by molar-refractivity contribution is 6.00. The van der Waals surface area contributed by atoms with Gasteiger partial charge in [-0.05, 0) is 41.0 Å². The van der Waals surface area contributed by atoms with Gasteiger partial charge < -0.3 is 10.6 Å². The van der Waals surface area contributed by atoms with E-state index in [1.807, 2.05) is 23.1 Å². The van der Waals surface area contributed by atoms with Crippen molar-refractivity contribution in [3.05, 3.63) is 23.8 Å². The lowest BCUT2D eigenvalue weighted by molar-refractivity contribution is -0.120. The van der Waals surface area contributed by atoms with Crippen LogP contribution in [0.4, 0.5) is 11.4 Å². The van der Waals surface area contributed by atoms with Crippen LogP contribution in [0.15, 0.2) is 18.2 Å². The third-order valence-electron chi connectivity index (χ3n) is 5.53.